The van der Waals surface area contributed by atoms with Crippen molar-refractivity contribution >= 4 is 6.09 Å². The Bertz CT molecular complexity index is 501. The van der Waals surface area contributed by atoms with Gasteiger partial charge in [0.05, 0.1) is 12.1 Å². The van der Waals surface area contributed by atoms with Crippen molar-refractivity contribution in [2.24, 2.45) is 0 Å². The summed E-state index contributed by atoms with van der Waals surface area (Å²) in [5.41, 5.74) is 0.196. The van der Waals surface area contributed by atoms with Gasteiger partial charge in [0.1, 0.15) is 5.60 Å². The van der Waals surface area contributed by atoms with Crippen LogP contribution in [-0.4, -0.2) is 40.4 Å². The summed E-state index contributed by atoms with van der Waals surface area (Å²) in [6.07, 6.45) is 4.23. The minimum atomic E-state index is -0.530. The van der Waals surface area contributed by atoms with Gasteiger partial charge < -0.3 is 9.84 Å². The van der Waals surface area contributed by atoms with Crippen LogP contribution in [0.25, 0.3) is 0 Å². The third kappa shape index (κ3) is 4.71. The van der Waals surface area contributed by atoms with Crippen LogP contribution in [0.3, 0.4) is 0 Å². The van der Waals surface area contributed by atoms with Crippen LogP contribution < -0.4 is 0 Å². The summed E-state index contributed by atoms with van der Waals surface area (Å²) in [5, 5.41) is 9.98. The van der Waals surface area contributed by atoms with E-state index in [4.69, 9.17) is 4.74 Å². The smallest absolute Gasteiger partial charge is 0.410 e. The Morgan fingerprint density at radius 2 is 1.83 bits per heavy atom. The molecule has 1 saturated carbocycles. The van der Waals surface area contributed by atoms with E-state index in [1.807, 2.05) is 39.0 Å². The fraction of sp³-hybridized carbons (Fsp3) is 0.632. The van der Waals surface area contributed by atoms with Gasteiger partial charge in [0.15, 0.2) is 0 Å². The predicted molar refractivity (Wildman–Crippen MR) is 91.4 cm³/mol. The number of benzene rings is 1. The van der Waals surface area contributed by atoms with Gasteiger partial charge >= 0.3 is 6.09 Å². The second-order valence-electron chi connectivity index (χ2n) is 7.46. The summed E-state index contributed by atoms with van der Waals surface area (Å²) in [7, 11) is 0. The van der Waals surface area contributed by atoms with Crippen molar-refractivity contribution in [2.75, 3.05) is 13.2 Å². The highest BCUT2D eigenvalue weighted by molar-refractivity contribution is 5.69. The maximum atomic E-state index is 12.7. The van der Waals surface area contributed by atoms with E-state index >= 15 is 0 Å². The second-order valence-corrected chi connectivity index (χ2v) is 7.46. The fourth-order valence-electron chi connectivity index (χ4n) is 3.27. The lowest BCUT2D eigenvalue weighted by atomic mass is 9.95. The van der Waals surface area contributed by atoms with E-state index in [0.29, 0.717) is 6.54 Å². The molecular formula is C19H29NO3. The Hall–Kier alpha value is -1.55. The van der Waals surface area contributed by atoms with Crippen LogP contribution >= 0.6 is 0 Å². The van der Waals surface area contributed by atoms with Crippen molar-refractivity contribution in [2.45, 2.75) is 64.0 Å². The van der Waals surface area contributed by atoms with Gasteiger partial charge in [-0.2, -0.15) is 0 Å². The quantitative estimate of drug-likeness (QED) is 0.898. The summed E-state index contributed by atoms with van der Waals surface area (Å²) in [6.45, 7) is 6.20. The first-order valence-corrected chi connectivity index (χ1v) is 8.52. The minimum absolute atomic E-state index is 0.00102. The molecule has 0 unspecified atom stereocenters. The van der Waals surface area contributed by atoms with Gasteiger partial charge in [0, 0.05) is 6.54 Å². The maximum absolute atomic E-state index is 12.7. The first-order chi connectivity index (χ1) is 10.9. The molecule has 23 heavy (non-hydrogen) atoms. The number of nitrogens with zero attached hydrogens (tertiary/aromatic N) is 1. The number of carbonyl (C=O) groups is 1. The maximum Gasteiger partial charge on any atom is 0.410 e. The highest BCUT2D eigenvalue weighted by atomic mass is 16.6. The van der Waals surface area contributed by atoms with Crippen molar-refractivity contribution in [3.05, 3.63) is 35.9 Å². The lowest BCUT2D eigenvalue weighted by Gasteiger charge is -2.40. The highest BCUT2D eigenvalue weighted by Gasteiger charge is 2.43. The van der Waals surface area contributed by atoms with Crippen LogP contribution in [0, 0.1) is 0 Å². The normalized spacial score (nSPS) is 17.0. The number of amides is 1. The number of aliphatic hydroxyl groups is 1. The van der Waals surface area contributed by atoms with Gasteiger partial charge in [0.25, 0.3) is 0 Å². The zero-order valence-electron chi connectivity index (χ0n) is 14.5. The molecule has 4 nitrogen and oxygen atoms in total. The molecule has 0 saturated heterocycles. The molecule has 128 valence electrons. The molecule has 0 aromatic heterocycles. The van der Waals surface area contributed by atoms with Gasteiger partial charge in [-0.05, 0) is 45.6 Å². The van der Waals surface area contributed by atoms with Gasteiger partial charge in [-0.25, -0.2) is 4.79 Å². The Labute approximate surface area is 139 Å². The molecule has 0 radical (unpaired) electrons. The van der Waals surface area contributed by atoms with Crippen LogP contribution in [0.1, 0.15) is 52.0 Å². The third-order valence-electron chi connectivity index (χ3n) is 4.48. The molecule has 0 heterocycles. The molecule has 4 heteroatoms. The second kappa shape index (κ2) is 7.35. The first kappa shape index (κ1) is 17.8. The summed E-state index contributed by atoms with van der Waals surface area (Å²) in [5.74, 6) is 0. The van der Waals surface area contributed by atoms with Gasteiger partial charge in [-0.1, -0.05) is 43.2 Å². The van der Waals surface area contributed by atoms with Crippen LogP contribution in [0.15, 0.2) is 30.3 Å². The van der Waals surface area contributed by atoms with Gasteiger partial charge in [-0.3, -0.25) is 4.90 Å². The summed E-state index contributed by atoms with van der Waals surface area (Å²) in [4.78, 5) is 14.5. The fourth-order valence-corrected chi connectivity index (χ4v) is 3.27. The van der Waals surface area contributed by atoms with Crippen molar-refractivity contribution in [3.63, 3.8) is 0 Å². The molecule has 0 aliphatic heterocycles. The van der Waals surface area contributed by atoms with Crippen molar-refractivity contribution in [3.8, 4) is 0 Å². The third-order valence-corrected chi connectivity index (χ3v) is 4.48. The van der Waals surface area contributed by atoms with E-state index in [9.17, 15) is 9.90 Å². The van der Waals surface area contributed by atoms with Crippen molar-refractivity contribution in [1.82, 2.24) is 4.90 Å². The Kier molecular flexibility index (Phi) is 5.69. The Morgan fingerprint density at radius 3 is 2.35 bits per heavy atom. The van der Waals surface area contributed by atoms with E-state index < -0.39 is 11.1 Å². The number of ether oxygens (including phenoxy) is 1. The molecule has 1 aliphatic rings. The molecule has 1 amide bonds. The summed E-state index contributed by atoms with van der Waals surface area (Å²) < 4.78 is 5.60. The average molecular weight is 319 g/mol. The molecule has 0 spiro atoms. The largest absolute Gasteiger partial charge is 0.444 e. The molecule has 0 atom stereocenters. The van der Waals surface area contributed by atoms with Crippen LogP contribution in [0.2, 0.25) is 0 Å². The molecule has 1 fully saturated rings. The average Bonchev–Trinajstić information content (AvgIpc) is 2.96. The van der Waals surface area contributed by atoms with E-state index in [0.717, 1.165) is 32.1 Å². The molecule has 2 rings (SSSR count). The van der Waals surface area contributed by atoms with E-state index in [1.54, 1.807) is 4.90 Å². The first-order valence-electron chi connectivity index (χ1n) is 8.52. The van der Waals surface area contributed by atoms with Gasteiger partial charge in [0.2, 0.25) is 0 Å². The van der Waals surface area contributed by atoms with Crippen LogP contribution in [0.5, 0.6) is 0 Å². The summed E-state index contributed by atoms with van der Waals surface area (Å²) in [6, 6.07) is 10.1. The van der Waals surface area contributed by atoms with E-state index in [-0.39, 0.29) is 12.7 Å². The predicted octanol–water partition coefficient (Wildman–Crippen LogP) is 3.77. The molecular weight excluding hydrogens is 290 g/mol. The zero-order chi connectivity index (χ0) is 16.9. The highest BCUT2D eigenvalue weighted by Crippen LogP contribution is 2.36. The van der Waals surface area contributed by atoms with Crippen molar-refractivity contribution < 1.29 is 14.6 Å². The molecule has 1 aliphatic carbocycles. The number of rotatable bonds is 5. The lowest BCUT2D eigenvalue weighted by Crippen LogP contribution is -2.54. The topological polar surface area (TPSA) is 49.8 Å². The summed E-state index contributed by atoms with van der Waals surface area (Å²) >= 11 is 0. The van der Waals surface area contributed by atoms with Crippen LogP contribution in [-0.2, 0) is 11.2 Å². The van der Waals surface area contributed by atoms with Crippen LogP contribution in [0.4, 0.5) is 4.79 Å². The number of carbonyl (C=O) groups excluding carboxylic acids is 1. The number of aliphatic hydroxyl groups excluding tert-OH is 1. The molecule has 0 bridgehead atoms. The van der Waals surface area contributed by atoms with E-state index in [2.05, 4.69) is 12.1 Å². The molecule has 1 N–H and O–H groups in total. The number of hydrogen-bond acceptors (Lipinski definition) is 3. The Morgan fingerprint density at radius 1 is 1.22 bits per heavy atom. The minimum Gasteiger partial charge on any atom is -0.444 e. The monoisotopic (exact) mass is 319 g/mol. The standard InChI is InChI=1S/C19H29NO3/c1-18(2,3)23-17(22)20(19(15-21)12-7-8-13-19)14-11-16-9-5-4-6-10-16/h4-6,9-10,21H,7-8,11-15H2,1-3H3. The molecule has 1 aromatic carbocycles. The lowest BCUT2D eigenvalue weighted by molar-refractivity contribution is -0.0173. The number of hydrogen-bond donors (Lipinski definition) is 1. The Balaban J connectivity index is 2.15. The SMILES string of the molecule is CC(C)(C)OC(=O)N(CCc1ccccc1)C1(CO)CCCC1. The zero-order valence-corrected chi connectivity index (χ0v) is 14.5. The van der Waals surface area contributed by atoms with E-state index in [1.165, 1.54) is 5.56 Å². The molecule has 1 aromatic rings. The van der Waals surface area contributed by atoms with Crippen molar-refractivity contribution in [1.29, 1.82) is 0 Å². The van der Waals surface area contributed by atoms with Gasteiger partial charge in [-0.15, -0.1) is 0 Å².